The second-order valence-corrected chi connectivity index (χ2v) is 4.48. The summed E-state index contributed by atoms with van der Waals surface area (Å²) in [5.41, 5.74) is 5.51. The van der Waals surface area contributed by atoms with E-state index in [0.717, 1.165) is 25.8 Å². The van der Waals surface area contributed by atoms with Gasteiger partial charge in [0.25, 0.3) is 0 Å². The minimum absolute atomic E-state index is 0.213. The Morgan fingerprint density at radius 2 is 2.00 bits per heavy atom. The number of alkyl halides is 3. The van der Waals surface area contributed by atoms with Gasteiger partial charge in [-0.2, -0.15) is 13.2 Å². The summed E-state index contributed by atoms with van der Waals surface area (Å²) in [5.74, 6) is 0. The van der Waals surface area contributed by atoms with Crippen molar-refractivity contribution in [2.45, 2.75) is 50.7 Å². The average molecular weight is 238 g/mol. The lowest BCUT2D eigenvalue weighted by molar-refractivity contribution is -0.136. The molecule has 2 nitrogen and oxygen atoms in total. The summed E-state index contributed by atoms with van der Waals surface area (Å²) in [5, 5.41) is 0. The molecule has 1 fully saturated rings. The Labute approximate surface area is 95.0 Å². The van der Waals surface area contributed by atoms with Crippen molar-refractivity contribution in [3.8, 4) is 0 Å². The average Bonchev–Trinajstić information content (AvgIpc) is 2.19. The van der Waals surface area contributed by atoms with Gasteiger partial charge in [0.05, 0.1) is 0 Å². The number of nitrogens with two attached hydrogens (primary N) is 1. The molecule has 0 aromatic heterocycles. The molecule has 1 heterocycles. The van der Waals surface area contributed by atoms with Crippen LogP contribution in [-0.4, -0.2) is 36.8 Å². The molecule has 96 valence electrons. The van der Waals surface area contributed by atoms with E-state index in [9.17, 15) is 13.2 Å². The van der Waals surface area contributed by atoms with Crippen LogP contribution in [0.2, 0.25) is 0 Å². The largest absolute Gasteiger partial charge is 0.389 e. The summed E-state index contributed by atoms with van der Waals surface area (Å²) < 4.78 is 36.0. The summed E-state index contributed by atoms with van der Waals surface area (Å²) in [7, 11) is 0. The third-order valence-electron chi connectivity index (χ3n) is 3.15. The van der Waals surface area contributed by atoms with Crippen LogP contribution in [0, 0.1) is 0 Å². The Morgan fingerprint density at radius 3 is 2.62 bits per heavy atom. The number of likely N-dealkylation sites (tertiary alicyclic amines) is 1. The van der Waals surface area contributed by atoms with Crippen molar-refractivity contribution >= 4 is 0 Å². The first-order valence-corrected chi connectivity index (χ1v) is 6.04. The summed E-state index contributed by atoms with van der Waals surface area (Å²) >= 11 is 0. The number of nitrogens with zero attached hydrogens (tertiary/aromatic N) is 1. The van der Waals surface area contributed by atoms with Crippen LogP contribution in [0.25, 0.3) is 0 Å². The second kappa shape index (κ2) is 6.45. The van der Waals surface area contributed by atoms with Gasteiger partial charge in [-0.3, -0.25) is 0 Å². The van der Waals surface area contributed by atoms with E-state index in [1.54, 1.807) is 0 Å². The number of piperidine rings is 1. The van der Waals surface area contributed by atoms with Crippen molar-refractivity contribution in [1.29, 1.82) is 0 Å². The van der Waals surface area contributed by atoms with Crippen molar-refractivity contribution in [2.24, 2.45) is 5.73 Å². The molecule has 0 amide bonds. The fraction of sp³-hybridized carbons (Fsp3) is 1.00. The standard InChI is InChI=1S/C11H21F3N2/c12-11(13,14)6-3-9-16-8-2-1-4-10(16)5-7-15/h10H,1-9,15H2. The lowest BCUT2D eigenvalue weighted by Gasteiger charge is -2.35. The maximum Gasteiger partial charge on any atom is 0.389 e. The van der Waals surface area contributed by atoms with E-state index in [1.807, 2.05) is 0 Å². The van der Waals surface area contributed by atoms with Crippen LogP contribution in [0.1, 0.15) is 38.5 Å². The fourth-order valence-electron chi connectivity index (χ4n) is 2.36. The zero-order valence-corrected chi connectivity index (χ0v) is 9.60. The zero-order chi connectivity index (χ0) is 12.0. The highest BCUT2D eigenvalue weighted by Gasteiger charge is 2.28. The molecule has 1 unspecified atom stereocenters. The fourth-order valence-corrected chi connectivity index (χ4v) is 2.36. The Morgan fingerprint density at radius 1 is 1.25 bits per heavy atom. The molecule has 0 bridgehead atoms. The maximum absolute atomic E-state index is 12.0. The molecule has 0 aromatic rings. The number of rotatable bonds is 5. The first-order chi connectivity index (χ1) is 7.53. The highest BCUT2D eigenvalue weighted by Crippen LogP contribution is 2.24. The first-order valence-electron chi connectivity index (χ1n) is 6.04. The number of hydrogen-bond donors (Lipinski definition) is 1. The van der Waals surface area contributed by atoms with E-state index in [4.69, 9.17) is 5.73 Å². The van der Waals surface area contributed by atoms with E-state index < -0.39 is 12.6 Å². The van der Waals surface area contributed by atoms with Gasteiger partial charge >= 0.3 is 6.18 Å². The highest BCUT2D eigenvalue weighted by molar-refractivity contribution is 4.77. The minimum atomic E-state index is -4.01. The van der Waals surface area contributed by atoms with Gasteiger partial charge in [0.15, 0.2) is 0 Å². The minimum Gasteiger partial charge on any atom is -0.330 e. The summed E-state index contributed by atoms with van der Waals surface area (Å²) in [6.45, 7) is 2.12. The predicted octanol–water partition coefficient (Wildman–Crippen LogP) is 2.53. The number of halogens is 3. The van der Waals surface area contributed by atoms with Gasteiger partial charge in [-0.1, -0.05) is 6.42 Å². The monoisotopic (exact) mass is 238 g/mol. The van der Waals surface area contributed by atoms with Gasteiger partial charge in [-0.25, -0.2) is 0 Å². The molecular weight excluding hydrogens is 217 g/mol. The molecule has 0 spiro atoms. The molecule has 2 N–H and O–H groups in total. The van der Waals surface area contributed by atoms with Crippen molar-refractivity contribution in [3.63, 3.8) is 0 Å². The van der Waals surface area contributed by atoms with Crippen LogP contribution in [-0.2, 0) is 0 Å². The smallest absolute Gasteiger partial charge is 0.330 e. The van der Waals surface area contributed by atoms with Crippen LogP contribution >= 0.6 is 0 Å². The topological polar surface area (TPSA) is 29.3 Å². The summed E-state index contributed by atoms with van der Waals surface area (Å²) in [6, 6.07) is 0.409. The quantitative estimate of drug-likeness (QED) is 0.797. The second-order valence-electron chi connectivity index (χ2n) is 4.48. The van der Waals surface area contributed by atoms with Gasteiger partial charge in [0.1, 0.15) is 0 Å². The summed E-state index contributed by atoms with van der Waals surface area (Å²) in [6.07, 6.45) is -0.189. The molecule has 1 aliphatic heterocycles. The molecule has 16 heavy (non-hydrogen) atoms. The third-order valence-corrected chi connectivity index (χ3v) is 3.15. The van der Waals surface area contributed by atoms with Crippen molar-refractivity contribution in [2.75, 3.05) is 19.6 Å². The van der Waals surface area contributed by atoms with Gasteiger partial charge in [0.2, 0.25) is 0 Å². The highest BCUT2D eigenvalue weighted by atomic mass is 19.4. The number of hydrogen-bond acceptors (Lipinski definition) is 2. The van der Waals surface area contributed by atoms with E-state index in [1.165, 1.54) is 6.42 Å². The Kier molecular flexibility index (Phi) is 5.55. The Balaban J connectivity index is 2.27. The van der Waals surface area contributed by atoms with Gasteiger partial charge in [0, 0.05) is 12.5 Å². The predicted molar refractivity (Wildman–Crippen MR) is 58.2 cm³/mol. The third kappa shape index (κ3) is 5.16. The maximum atomic E-state index is 12.0. The lowest BCUT2D eigenvalue weighted by Crippen LogP contribution is -2.41. The molecule has 5 heteroatoms. The van der Waals surface area contributed by atoms with Gasteiger partial charge < -0.3 is 10.6 Å². The lowest BCUT2D eigenvalue weighted by atomic mass is 9.99. The molecule has 0 radical (unpaired) electrons. The molecule has 1 aliphatic rings. The van der Waals surface area contributed by atoms with Gasteiger partial charge in [-0.05, 0) is 45.3 Å². The van der Waals surface area contributed by atoms with E-state index in [-0.39, 0.29) is 6.42 Å². The Hall–Kier alpha value is -0.290. The summed E-state index contributed by atoms with van der Waals surface area (Å²) in [4.78, 5) is 2.18. The van der Waals surface area contributed by atoms with E-state index in [0.29, 0.717) is 19.1 Å². The molecule has 1 saturated heterocycles. The molecule has 0 aliphatic carbocycles. The van der Waals surface area contributed by atoms with E-state index in [2.05, 4.69) is 4.90 Å². The van der Waals surface area contributed by atoms with Crippen molar-refractivity contribution < 1.29 is 13.2 Å². The normalized spacial score (nSPS) is 23.6. The molecule has 0 aromatic carbocycles. The molecular formula is C11H21F3N2. The van der Waals surface area contributed by atoms with Crippen LogP contribution in [0.15, 0.2) is 0 Å². The van der Waals surface area contributed by atoms with Crippen molar-refractivity contribution in [3.05, 3.63) is 0 Å². The van der Waals surface area contributed by atoms with Crippen molar-refractivity contribution in [1.82, 2.24) is 4.90 Å². The first kappa shape index (κ1) is 13.8. The van der Waals surface area contributed by atoms with Crippen LogP contribution < -0.4 is 5.73 Å². The Bertz CT molecular complexity index is 192. The molecule has 1 atom stereocenters. The molecule has 0 saturated carbocycles. The van der Waals surface area contributed by atoms with Crippen LogP contribution in [0.3, 0.4) is 0 Å². The van der Waals surface area contributed by atoms with Gasteiger partial charge in [-0.15, -0.1) is 0 Å². The van der Waals surface area contributed by atoms with E-state index >= 15 is 0 Å². The molecule has 1 rings (SSSR count). The SMILES string of the molecule is NCCC1CCCCN1CCCC(F)(F)F. The van der Waals surface area contributed by atoms with Crippen LogP contribution in [0.4, 0.5) is 13.2 Å². The zero-order valence-electron chi connectivity index (χ0n) is 9.60. The van der Waals surface area contributed by atoms with Crippen LogP contribution in [0.5, 0.6) is 0 Å².